The second kappa shape index (κ2) is 4.09. The normalized spacial score (nSPS) is 9.69. The highest BCUT2D eigenvalue weighted by Crippen LogP contribution is 2.00. The molecule has 2 N–H and O–H groups in total. The van der Waals surface area contributed by atoms with Crippen LogP contribution in [-0.2, 0) is 0 Å². The van der Waals surface area contributed by atoms with E-state index in [-0.39, 0.29) is 16.6 Å². The summed E-state index contributed by atoms with van der Waals surface area (Å²) in [6, 6.07) is 2.86. The van der Waals surface area contributed by atoms with Gasteiger partial charge in [0.05, 0.1) is 0 Å². The van der Waals surface area contributed by atoms with Gasteiger partial charge in [0, 0.05) is 6.54 Å². The largest absolute Gasteiger partial charge is 0.352 e. The van der Waals surface area contributed by atoms with Gasteiger partial charge in [-0.3, -0.25) is 9.59 Å². The monoisotopic (exact) mass is 200 g/mol. The van der Waals surface area contributed by atoms with Crippen molar-refractivity contribution >= 4 is 17.5 Å². The van der Waals surface area contributed by atoms with Gasteiger partial charge < -0.3 is 10.3 Å². The number of hydrogen-bond acceptors (Lipinski definition) is 2. The summed E-state index contributed by atoms with van der Waals surface area (Å²) in [4.78, 5) is 24.7. The summed E-state index contributed by atoms with van der Waals surface area (Å²) in [6.07, 6.45) is 0. The Hall–Kier alpha value is -1.29. The SMILES string of the molecule is CCNC(=O)c1ccc(Cl)[nH]c1=O. The van der Waals surface area contributed by atoms with E-state index in [4.69, 9.17) is 11.6 Å². The van der Waals surface area contributed by atoms with Gasteiger partial charge in [0.1, 0.15) is 10.7 Å². The molecule has 0 aromatic carbocycles. The third kappa shape index (κ3) is 2.32. The molecular weight excluding hydrogens is 192 g/mol. The van der Waals surface area contributed by atoms with Crippen molar-refractivity contribution in [2.75, 3.05) is 6.54 Å². The zero-order chi connectivity index (χ0) is 9.84. The average molecular weight is 201 g/mol. The number of rotatable bonds is 2. The molecule has 13 heavy (non-hydrogen) atoms. The van der Waals surface area contributed by atoms with Gasteiger partial charge in [0.25, 0.3) is 11.5 Å². The summed E-state index contributed by atoms with van der Waals surface area (Å²) in [7, 11) is 0. The molecule has 0 aliphatic heterocycles. The molecule has 0 spiro atoms. The number of amides is 1. The lowest BCUT2D eigenvalue weighted by Gasteiger charge is -2.00. The predicted octanol–water partition coefficient (Wildman–Crippen LogP) is 0.778. The fourth-order valence-corrected chi connectivity index (χ4v) is 1.03. The quantitative estimate of drug-likeness (QED) is 0.693. The lowest BCUT2D eigenvalue weighted by Crippen LogP contribution is -2.29. The van der Waals surface area contributed by atoms with Crippen molar-refractivity contribution in [1.29, 1.82) is 0 Å². The van der Waals surface area contributed by atoms with Gasteiger partial charge in [-0.05, 0) is 19.1 Å². The second-order valence-electron chi connectivity index (χ2n) is 2.41. The van der Waals surface area contributed by atoms with E-state index < -0.39 is 5.56 Å². The Labute approximate surface area is 79.9 Å². The fourth-order valence-electron chi connectivity index (χ4n) is 0.884. The topological polar surface area (TPSA) is 62.0 Å². The van der Waals surface area contributed by atoms with E-state index in [2.05, 4.69) is 10.3 Å². The molecule has 1 rings (SSSR count). The summed E-state index contributed by atoms with van der Waals surface area (Å²) in [5, 5.41) is 2.74. The first kappa shape index (κ1) is 9.80. The predicted molar refractivity (Wildman–Crippen MR) is 50.1 cm³/mol. The van der Waals surface area contributed by atoms with Crippen molar-refractivity contribution in [2.24, 2.45) is 0 Å². The molecule has 5 heteroatoms. The summed E-state index contributed by atoms with van der Waals surface area (Å²) in [5.74, 6) is -0.389. The van der Waals surface area contributed by atoms with E-state index in [1.165, 1.54) is 12.1 Å². The number of carbonyl (C=O) groups excluding carboxylic acids is 1. The van der Waals surface area contributed by atoms with Crippen LogP contribution in [0.15, 0.2) is 16.9 Å². The molecule has 0 aliphatic rings. The Morgan fingerprint density at radius 2 is 2.31 bits per heavy atom. The lowest BCUT2D eigenvalue weighted by molar-refractivity contribution is 0.0954. The van der Waals surface area contributed by atoms with E-state index in [0.29, 0.717) is 6.54 Å². The first-order valence-electron chi connectivity index (χ1n) is 3.82. The highest BCUT2D eigenvalue weighted by molar-refractivity contribution is 6.29. The summed E-state index contributed by atoms with van der Waals surface area (Å²) in [5.41, 5.74) is -0.398. The Morgan fingerprint density at radius 1 is 1.62 bits per heavy atom. The van der Waals surface area contributed by atoms with Gasteiger partial charge in [-0.15, -0.1) is 0 Å². The van der Waals surface area contributed by atoms with Crippen LogP contribution in [-0.4, -0.2) is 17.4 Å². The van der Waals surface area contributed by atoms with E-state index in [9.17, 15) is 9.59 Å². The maximum atomic E-state index is 11.2. The highest BCUT2D eigenvalue weighted by atomic mass is 35.5. The second-order valence-corrected chi connectivity index (χ2v) is 2.82. The van der Waals surface area contributed by atoms with Gasteiger partial charge in [0.2, 0.25) is 0 Å². The van der Waals surface area contributed by atoms with Gasteiger partial charge in [-0.25, -0.2) is 0 Å². The van der Waals surface area contributed by atoms with Crippen molar-refractivity contribution in [3.63, 3.8) is 0 Å². The number of pyridine rings is 1. The fraction of sp³-hybridized carbons (Fsp3) is 0.250. The van der Waals surface area contributed by atoms with Crippen molar-refractivity contribution in [3.05, 3.63) is 33.2 Å². The minimum Gasteiger partial charge on any atom is -0.352 e. The molecule has 70 valence electrons. The van der Waals surface area contributed by atoms with Crippen molar-refractivity contribution < 1.29 is 4.79 Å². The molecule has 1 aromatic rings. The Morgan fingerprint density at radius 3 is 2.85 bits per heavy atom. The minimum atomic E-state index is -0.474. The van der Waals surface area contributed by atoms with E-state index in [1.807, 2.05) is 0 Å². The van der Waals surface area contributed by atoms with Crippen LogP contribution in [0.4, 0.5) is 0 Å². The molecule has 0 saturated heterocycles. The molecule has 0 unspecified atom stereocenters. The van der Waals surface area contributed by atoms with Gasteiger partial charge in [-0.2, -0.15) is 0 Å². The molecule has 0 radical (unpaired) electrons. The minimum absolute atomic E-state index is 0.0752. The van der Waals surface area contributed by atoms with Gasteiger partial charge in [0.15, 0.2) is 0 Å². The van der Waals surface area contributed by atoms with Crippen LogP contribution >= 0.6 is 11.6 Å². The first-order valence-corrected chi connectivity index (χ1v) is 4.20. The van der Waals surface area contributed by atoms with Crippen LogP contribution in [0, 0.1) is 0 Å². The van der Waals surface area contributed by atoms with Crippen molar-refractivity contribution in [2.45, 2.75) is 6.92 Å². The number of nitrogens with one attached hydrogen (secondary N) is 2. The summed E-state index contributed by atoms with van der Waals surface area (Å²) >= 11 is 5.51. The zero-order valence-electron chi connectivity index (χ0n) is 7.06. The number of halogens is 1. The molecule has 1 heterocycles. The molecule has 0 aliphatic carbocycles. The van der Waals surface area contributed by atoms with Crippen LogP contribution in [0.3, 0.4) is 0 Å². The van der Waals surface area contributed by atoms with Crippen molar-refractivity contribution in [1.82, 2.24) is 10.3 Å². The van der Waals surface area contributed by atoms with Crippen LogP contribution in [0.1, 0.15) is 17.3 Å². The molecule has 4 nitrogen and oxygen atoms in total. The molecule has 0 fully saturated rings. The van der Waals surface area contributed by atoms with Gasteiger partial charge in [-0.1, -0.05) is 11.6 Å². The van der Waals surface area contributed by atoms with Gasteiger partial charge >= 0.3 is 0 Å². The molecular formula is C8H9ClN2O2. The van der Waals surface area contributed by atoms with Crippen LogP contribution in [0.25, 0.3) is 0 Å². The number of H-pyrrole nitrogens is 1. The summed E-state index contributed by atoms with van der Waals surface area (Å²) in [6.45, 7) is 2.27. The Bertz CT molecular complexity index is 373. The third-order valence-corrected chi connectivity index (χ3v) is 1.68. The Kier molecular flexibility index (Phi) is 3.08. The van der Waals surface area contributed by atoms with Crippen LogP contribution in [0.2, 0.25) is 5.15 Å². The molecule has 0 atom stereocenters. The number of aromatic nitrogens is 1. The maximum Gasteiger partial charge on any atom is 0.261 e. The van der Waals surface area contributed by atoms with Crippen LogP contribution < -0.4 is 10.9 Å². The third-order valence-electron chi connectivity index (χ3n) is 1.46. The zero-order valence-corrected chi connectivity index (χ0v) is 7.81. The molecule has 0 bridgehead atoms. The standard InChI is InChI=1S/C8H9ClN2O2/c1-2-10-7(12)5-3-4-6(9)11-8(5)13/h3-4H,2H2,1H3,(H,10,12)(H,11,13). The van der Waals surface area contributed by atoms with E-state index >= 15 is 0 Å². The van der Waals surface area contributed by atoms with Crippen LogP contribution in [0.5, 0.6) is 0 Å². The summed E-state index contributed by atoms with van der Waals surface area (Å²) < 4.78 is 0. The highest BCUT2D eigenvalue weighted by Gasteiger charge is 2.08. The number of aromatic amines is 1. The van der Waals surface area contributed by atoms with E-state index in [0.717, 1.165) is 0 Å². The molecule has 1 aromatic heterocycles. The Balaban J connectivity index is 3.02. The maximum absolute atomic E-state index is 11.2. The smallest absolute Gasteiger partial charge is 0.261 e. The number of hydrogen-bond donors (Lipinski definition) is 2. The lowest BCUT2D eigenvalue weighted by atomic mass is 10.2. The first-order chi connectivity index (χ1) is 6.15. The average Bonchev–Trinajstić information content (AvgIpc) is 2.04. The number of carbonyl (C=O) groups is 1. The molecule has 0 saturated carbocycles. The molecule has 1 amide bonds. The van der Waals surface area contributed by atoms with E-state index in [1.54, 1.807) is 6.92 Å². The van der Waals surface area contributed by atoms with Crippen molar-refractivity contribution in [3.8, 4) is 0 Å².